The lowest BCUT2D eigenvalue weighted by Crippen LogP contribution is -2.54. The minimum absolute atomic E-state index is 0.224. The van der Waals surface area contributed by atoms with E-state index in [0.717, 1.165) is 0 Å². The Hall–Kier alpha value is 0.320. The molecule has 5 heteroatoms. The Labute approximate surface area is 79.6 Å². The Bertz CT molecular complexity index is 154. The van der Waals surface area contributed by atoms with Crippen molar-refractivity contribution >= 4 is 15.9 Å². The van der Waals surface area contributed by atoms with Gasteiger partial charge < -0.3 is 19.7 Å². The van der Waals surface area contributed by atoms with Gasteiger partial charge in [-0.25, -0.2) is 0 Å². The number of methoxy groups -OCH3 is 1. The molecule has 0 aliphatic carbocycles. The summed E-state index contributed by atoms with van der Waals surface area (Å²) in [7, 11) is 1.54. The number of hydrogen-bond donors (Lipinski definition) is 2. The molecule has 0 bridgehead atoms. The lowest BCUT2D eigenvalue weighted by Gasteiger charge is -2.38. The molecule has 72 valence electrons. The number of rotatable bonds is 1. The predicted octanol–water partition coefficient (Wildman–Crippen LogP) is -0.137. The number of aliphatic hydroxyl groups is 2. The van der Waals surface area contributed by atoms with Crippen LogP contribution in [-0.4, -0.2) is 46.8 Å². The number of alkyl halides is 1. The Kier molecular flexibility index (Phi) is 3.48. The van der Waals surface area contributed by atoms with Gasteiger partial charge in [-0.05, 0) is 6.92 Å². The van der Waals surface area contributed by atoms with Gasteiger partial charge in [0.2, 0.25) is 0 Å². The quantitative estimate of drug-likeness (QED) is 0.627. The van der Waals surface area contributed by atoms with Crippen LogP contribution in [0.4, 0.5) is 0 Å². The summed E-state index contributed by atoms with van der Waals surface area (Å²) in [6.45, 7) is 1.79. The molecule has 1 aliphatic heterocycles. The molecule has 1 heterocycles. The third-order valence-electron chi connectivity index (χ3n) is 2.02. The predicted molar refractivity (Wildman–Crippen MR) is 46.1 cm³/mol. The minimum atomic E-state index is -1.13. The van der Waals surface area contributed by atoms with Crippen molar-refractivity contribution in [2.75, 3.05) is 7.11 Å². The summed E-state index contributed by atoms with van der Waals surface area (Å²) in [4.78, 5) is -0.291. The maximum absolute atomic E-state index is 9.36. The van der Waals surface area contributed by atoms with Crippen LogP contribution in [0.5, 0.6) is 0 Å². The van der Waals surface area contributed by atoms with Gasteiger partial charge in [0.1, 0.15) is 6.10 Å². The summed E-state index contributed by atoms with van der Waals surface area (Å²) in [6, 6.07) is 0. The standard InChI is InChI=1S/C7H13BrO4/c1-3-6(11-2)4(8)5(9)7(10)12-3/h3-7,9-10H,1-2H3/t3-,4-,5-,6-,7?/m1/s1. The molecule has 4 nitrogen and oxygen atoms in total. The van der Waals surface area contributed by atoms with E-state index in [2.05, 4.69) is 15.9 Å². The highest BCUT2D eigenvalue weighted by molar-refractivity contribution is 9.09. The number of aliphatic hydroxyl groups excluding tert-OH is 2. The fraction of sp³-hybridized carbons (Fsp3) is 1.00. The first-order valence-corrected chi connectivity index (χ1v) is 4.68. The van der Waals surface area contributed by atoms with E-state index >= 15 is 0 Å². The van der Waals surface area contributed by atoms with Crippen molar-refractivity contribution in [3.05, 3.63) is 0 Å². The number of hydrogen-bond acceptors (Lipinski definition) is 4. The highest BCUT2D eigenvalue weighted by Gasteiger charge is 2.41. The van der Waals surface area contributed by atoms with Crippen LogP contribution in [0.25, 0.3) is 0 Å². The van der Waals surface area contributed by atoms with Crippen molar-refractivity contribution in [1.82, 2.24) is 0 Å². The van der Waals surface area contributed by atoms with Crippen LogP contribution in [0.3, 0.4) is 0 Å². The molecule has 0 aromatic heterocycles. The monoisotopic (exact) mass is 240 g/mol. The molecule has 1 unspecified atom stereocenters. The molecule has 1 saturated heterocycles. The Morgan fingerprint density at radius 1 is 1.42 bits per heavy atom. The van der Waals surface area contributed by atoms with Crippen molar-refractivity contribution in [2.45, 2.75) is 36.4 Å². The second-order valence-corrected chi connectivity index (χ2v) is 3.92. The van der Waals surface area contributed by atoms with Gasteiger partial charge in [-0.15, -0.1) is 0 Å². The van der Waals surface area contributed by atoms with Gasteiger partial charge >= 0.3 is 0 Å². The average Bonchev–Trinajstić information content (AvgIpc) is 2.01. The first kappa shape index (κ1) is 10.4. The SMILES string of the molecule is CO[C@H]1[C@H](Br)[C@@H](O)C(O)O[C@@H]1C. The molecule has 0 saturated carbocycles. The zero-order valence-corrected chi connectivity index (χ0v) is 8.56. The van der Waals surface area contributed by atoms with E-state index in [4.69, 9.17) is 9.47 Å². The third kappa shape index (κ3) is 1.80. The normalized spacial score (nSPS) is 49.2. The van der Waals surface area contributed by atoms with E-state index in [-0.39, 0.29) is 17.0 Å². The van der Waals surface area contributed by atoms with Crippen LogP contribution >= 0.6 is 15.9 Å². The first-order valence-electron chi connectivity index (χ1n) is 3.76. The second kappa shape index (κ2) is 4.02. The Morgan fingerprint density at radius 3 is 2.50 bits per heavy atom. The van der Waals surface area contributed by atoms with Crippen LogP contribution in [0.15, 0.2) is 0 Å². The van der Waals surface area contributed by atoms with Gasteiger partial charge in [0, 0.05) is 7.11 Å². The Morgan fingerprint density at radius 2 is 2.00 bits per heavy atom. The van der Waals surface area contributed by atoms with Gasteiger partial charge in [0.05, 0.1) is 17.0 Å². The summed E-state index contributed by atoms with van der Waals surface area (Å²) in [6.07, 6.45) is -2.52. The minimum Gasteiger partial charge on any atom is -0.387 e. The Balaban J connectivity index is 2.65. The van der Waals surface area contributed by atoms with Crippen molar-refractivity contribution < 1.29 is 19.7 Å². The molecule has 0 spiro atoms. The van der Waals surface area contributed by atoms with E-state index in [1.807, 2.05) is 0 Å². The maximum Gasteiger partial charge on any atom is 0.182 e. The summed E-state index contributed by atoms with van der Waals surface area (Å²) < 4.78 is 10.1. The molecular weight excluding hydrogens is 228 g/mol. The fourth-order valence-corrected chi connectivity index (χ4v) is 2.22. The smallest absolute Gasteiger partial charge is 0.182 e. The molecule has 0 amide bonds. The van der Waals surface area contributed by atoms with E-state index < -0.39 is 12.4 Å². The zero-order chi connectivity index (χ0) is 9.30. The third-order valence-corrected chi connectivity index (χ3v) is 3.08. The van der Waals surface area contributed by atoms with Gasteiger partial charge in [-0.1, -0.05) is 15.9 Å². The van der Waals surface area contributed by atoms with Crippen LogP contribution < -0.4 is 0 Å². The average molecular weight is 241 g/mol. The second-order valence-electron chi connectivity index (χ2n) is 2.87. The van der Waals surface area contributed by atoms with E-state index in [9.17, 15) is 10.2 Å². The largest absolute Gasteiger partial charge is 0.387 e. The van der Waals surface area contributed by atoms with Crippen molar-refractivity contribution in [3.63, 3.8) is 0 Å². The topological polar surface area (TPSA) is 58.9 Å². The summed E-state index contributed by atoms with van der Waals surface area (Å²) in [5.41, 5.74) is 0. The summed E-state index contributed by atoms with van der Waals surface area (Å²) in [5.74, 6) is 0. The summed E-state index contributed by atoms with van der Waals surface area (Å²) >= 11 is 3.25. The molecule has 1 fully saturated rings. The zero-order valence-electron chi connectivity index (χ0n) is 6.98. The molecule has 5 atom stereocenters. The highest BCUT2D eigenvalue weighted by atomic mass is 79.9. The van der Waals surface area contributed by atoms with Crippen LogP contribution in [0.1, 0.15) is 6.92 Å². The molecule has 12 heavy (non-hydrogen) atoms. The summed E-state index contributed by atoms with van der Waals surface area (Å²) in [5, 5.41) is 18.5. The van der Waals surface area contributed by atoms with Crippen molar-refractivity contribution in [3.8, 4) is 0 Å². The van der Waals surface area contributed by atoms with Crippen LogP contribution in [0, 0.1) is 0 Å². The molecule has 2 N–H and O–H groups in total. The van der Waals surface area contributed by atoms with Gasteiger partial charge in [-0.3, -0.25) is 0 Å². The van der Waals surface area contributed by atoms with Crippen molar-refractivity contribution in [1.29, 1.82) is 0 Å². The number of ether oxygens (including phenoxy) is 2. The fourth-order valence-electron chi connectivity index (χ4n) is 1.31. The van der Waals surface area contributed by atoms with Crippen LogP contribution in [-0.2, 0) is 9.47 Å². The molecule has 1 aliphatic rings. The van der Waals surface area contributed by atoms with Crippen molar-refractivity contribution in [2.24, 2.45) is 0 Å². The van der Waals surface area contributed by atoms with E-state index in [1.165, 1.54) is 0 Å². The lowest BCUT2D eigenvalue weighted by atomic mass is 10.0. The van der Waals surface area contributed by atoms with Gasteiger partial charge in [0.25, 0.3) is 0 Å². The molecule has 0 radical (unpaired) electrons. The van der Waals surface area contributed by atoms with E-state index in [0.29, 0.717) is 0 Å². The van der Waals surface area contributed by atoms with Gasteiger partial charge in [-0.2, -0.15) is 0 Å². The maximum atomic E-state index is 9.36. The number of halogens is 1. The van der Waals surface area contributed by atoms with E-state index in [1.54, 1.807) is 14.0 Å². The molecule has 0 aromatic rings. The molecular formula is C7H13BrO4. The first-order chi connectivity index (χ1) is 5.57. The van der Waals surface area contributed by atoms with Gasteiger partial charge in [0.15, 0.2) is 6.29 Å². The highest BCUT2D eigenvalue weighted by Crippen LogP contribution is 2.26. The molecule has 1 rings (SSSR count). The molecule has 0 aromatic carbocycles. The lowest BCUT2D eigenvalue weighted by molar-refractivity contribution is -0.240. The van der Waals surface area contributed by atoms with Crippen LogP contribution in [0.2, 0.25) is 0 Å².